The molecule has 1 aliphatic rings. The lowest BCUT2D eigenvalue weighted by Crippen LogP contribution is -2.28. The van der Waals surface area contributed by atoms with Gasteiger partial charge in [0.25, 0.3) is 0 Å². The average Bonchev–Trinajstić information content (AvgIpc) is 2.71. The number of aromatic nitrogens is 2. The third-order valence-electron chi connectivity index (χ3n) is 3.78. The van der Waals surface area contributed by atoms with Gasteiger partial charge in [-0.1, -0.05) is 24.3 Å². The van der Waals surface area contributed by atoms with E-state index in [1.807, 2.05) is 19.4 Å². The lowest BCUT2D eigenvalue weighted by molar-refractivity contribution is 0.760. The third kappa shape index (κ3) is 2.80. The zero-order valence-electron chi connectivity index (χ0n) is 11.8. The van der Waals surface area contributed by atoms with Crippen molar-refractivity contribution in [3.8, 4) is 0 Å². The summed E-state index contributed by atoms with van der Waals surface area (Å²) in [5, 5.41) is 3.11. The van der Waals surface area contributed by atoms with Crippen LogP contribution in [0.4, 0.5) is 5.95 Å². The Hall–Kier alpha value is -1.94. The van der Waals surface area contributed by atoms with Crippen LogP contribution < -0.4 is 10.2 Å². The van der Waals surface area contributed by atoms with E-state index < -0.39 is 0 Å². The highest BCUT2D eigenvalue weighted by molar-refractivity contribution is 5.36. The van der Waals surface area contributed by atoms with Crippen LogP contribution in [-0.2, 0) is 19.4 Å². The largest absolute Gasteiger partial charge is 0.340 e. The number of rotatable bonds is 3. The maximum Gasteiger partial charge on any atom is 0.225 e. The molecule has 0 aliphatic carbocycles. The third-order valence-corrected chi connectivity index (χ3v) is 3.78. The Balaban J connectivity index is 1.73. The first-order valence-corrected chi connectivity index (χ1v) is 7.14. The average molecular weight is 268 g/mol. The van der Waals surface area contributed by atoms with E-state index in [1.165, 1.54) is 11.1 Å². The maximum atomic E-state index is 4.50. The predicted octanol–water partition coefficient (Wildman–Crippen LogP) is 1.80. The molecule has 0 fully saturated rings. The Morgan fingerprint density at radius 1 is 1.05 bits per heavy atom. The minimum Gasteiger partial charge on any atom is -0.340 e. The molecule has 0 spiro atoms. The van der Waals surface area contributed by atoms with Crippen molar-refractivity contribution in [1.29, 1.82) is 0 Å². The molecule has 4 nitrogen and oxygen atoms in total. The molecule has 1 aliphatic heterocycles. The highest BCUT2D eigenvalue weighted by Gasteiger charge is 2.15. The van der Waals surface area contributed by atoms with Gasteiger partial charge in [0.1, 0.15) is 0 Å². The van der Waals surface area contributed by atoms with Gasteiger partial charge in [-0.2, -0.15) is 0 Å². The fourth-order valence-electron chi connectivity index (χ4n) is 2.67. The lowest BCUT2D eigenvalue weighted by atomic mass is 10.0. The van der Waals surface area contributed by atoms with Crippen molar-refractivity contribution < 1.29 is 0 Å². The molecule has 104 valence electrons. The highest BCUT2D eigenvalue weighted by atomic mass is 15.2. The zero-order chi connectivity index (χ0) is 13.8. The van der Waals surface area contributed by atoms with Crippen LogP contribution in [0.5, 0.6) is 0 Å². The Morgan fingerprint density at radius 2 is 1.65 bits per heavy atom. The standard InChI is InChI=1S/C16H20N4/c1-17-10-13-11-18-16(19-12-13)20-8-6-14-4-2-3-5-15(14)7-9-20/h2-5,11-12,17H,6-10H2,1H3. The Kier molecular flexibility index (Phi) is 3.92. The SMILES string of the molecule is CNCc1cnc(N2CCc3ccccc3CC2)nc1. The molecule has 0 bridgehead atoms. The van der Waals surface area contributed by atoms with Crippen LogP contribution in [0.1, 0.15) is 16.7 Å². The van der Waals surface area contributed by atoms with E-state index in [0.717, 1.165) is 44.0 Å². The second-order valence-electron chi connectivity index (χ2n) is 5.18. The zero-order valence-corrected chi connectivity index (χ0v) is 11.8. The number of anilines is 1. The van der Waals surface area contributed by atoms with E-state index in [2.05, 4.69) is 44.5 Å². The number of hydrogen-bond donors (Lipinski definition) is 1. The molecule has 0 amide bonds. The van der Waals surface area contributed by atoms with Crippen molar-refractivity contribution in [3.63, 3.8) is 0 Å². The van der Waals surface area contributed by atoms with E-state index in [1.54, 1.807) is 0 Å². The summed E-state index contributed by atoms with van der Waals surface area (Å²) in [6.45, 7) is 2.79. The van der Waals surface area contributed by atoms with E-state index in [4.69, 9.17) is 0 Å². The number of fused-ring (bicyclic) bond motifs is 1. The summed E-state index contributed by atoms with van der Waals surface area (Å²) in [6, 6.07) is 8.71. The molecule has 2 aromatic rings. The van der Waals surface area contributed by atoms with Gasteiger partial charge in [0.05, 0.1) is 0 Å². The van der Waals surface area contributed by atoms with Crippen molar-refractivity contribution in [2.45, 2.75) is 19.4 Å². The van der Waals surface area contributed by atoms with E-state index in [0.29, 0.717) is 0 Å². The summed E-state index contributed by atoms with van der Waals surface area (Å²) in [5.41, 5.74) is 4.04. The van der Waals surface area contributed by atoms with Gasteiger partial charge in [-0.15, -0.1) is 0 Å². The van der Waals surface area contributed by atoms with Gasteiger partial charge in [-0.25, -0.2) is 9.97 Å². The molecule has 20 heavy (non-hydrogen) atoms. The van der Waals surface area contributed by atoms with Crippen LogP contribution in [-0.4, -0.2) is 30.1 Å². The second-order valence-corrected chi connectivity index (χ2v) is 5.18. The molecule has 0 saturated heterocycles. The molecule has 0 saturated carbocycles. The van der Waals surface area contributed by atoms with E-state index in [-0.39, 0.29) is 0 Å². The first-order valence-electron chi connectivity index (χ1n) is 7.14. The summed E-state index contributed by atoms with van der Waals surface area (Å²) in [5.74, 6) is 0.845. The van der Waals surface area contributed by atoms with Crippen LogP contribution in [0.15, 0.2) is 36.7 Å². The highest BCUT2D eigenvalue weighted by Crippen LogP contribution is 2.18. The van der Waals surface area contributed by atoms with Crippen LogP contribution in [0.25, 0.3) is 0 Å². The van der Waals surface area contributed by atoms with Gasteiger partial charge in [0.2, 0.25) is 5.95 Å². The van der Waals surface area contributed by atoms with Gasteiger partial charge in [0.15, 0.2) is 0 Å². The summed E-state index contributed by atoms with van der Waals surface area (Å²) < 4.78 is 0. The van der Waals surface area contributed by atoms with Gasteiger partial charge in [0, 0.05) is 37.6 Å². The molecule has 0 unspecified atom stereocenters. The number of hydrogen-bond acceptors (Lipinski definition) is 4. The smallest absolute Gasteiger partial charge is 0.225 e. The molecule has 3 rings (SSSR count). The fourth-order valence-corrected chi connectivity index (χ4v) is 2.67. The summed E-state index contributed by atoms with van der Waals surface area (Å²) in [6.07, 6.45) is 5.96. The molecule has 0 radical (unpaired) electrons. The molecule has 1 aromatic heterocycles. The quantitative estimate of drug-likeness (QED) is 0.921. The van der Waals surface area contributed by atoms with Gasteiger partial charge in [-0.05, 0) is 31.0 Å². The Labute approximate surface area is 119 Å². The number of benzene rings is 1. The molecule has 1 N–H and O–H groups in total. The van der Waals surface area contributed by atoms with Crippen molar-refractivity contribution in [1.82, 2.24) is 15.3 Å². The minimum absolute atomic E-state index is 0.811. The second kappa shape index (κ2) is 6.01. The summed E-state index contributed by atoms with van der Waals surface area (Å²) in [7, 11) is 1.93. The predicted molar refractivity (Wildman–Crippen MR) is 80.9 cm³/mol. The Bertz CT molecular complexity index is 538. The minimum atomic E-state index is 0.811. The Morgan fingerprint density at radius 3 is 2.20 bits per heavy atom. The molecular weight excluding hydrogens is 248 g/mol. The molecule has 1 aromatic carbocycles. The van der Waals surface area contributed by atoms with E-state index in [9.17, 15) is 0 Å². The van der Waals surface area contributed by atoms with Gasteiger partial charge < -0.3 is 10.2 Å². The molecular formula is C16H20N4. The normalized spacial score (nSPS) is 14.8. The molecule has 2 heterocycles. The first-order chi connectivity index (χ1) is 9.86. The van der Waals surface area contributed by atoms with Crippen molar-refractivity contribution in [2.75, 3.05) is 25.0 Å². The fraction of sp³-hybridized carbons (Fsp3) is 0.375. The van der Waals surface area contributed by atoms with Gasteiger partial charge in [-0.3, -0.25) is 0 Å². The van der Waals surface area contributed by atoms with Gasteiger partial charge >= 0.3 is 0 Å². The van der Waals surface area contributed by atoms with Crippen LogP contribution >= 0.6 is 0 Å². The van der Waals surface area contributed by atoms with Crippen molar-refractivity contribution >= 4 is 5.95 Å². The lowest BCUT2D eigenvalue weighted by Gasteiger charge is -2.19. The maximum absolute atomic E-state index is 4.50. The van der Waals surface area contributed by atoms with Crippen LogP contribution in [0, 0.1) is 0 Å². The number of nitrogens with zero attached hydrogens (tertiary/aromatic N) is 3. The first kappa shape index (κ1) is 13.1. The van der Waals surface area contributed by atoms with Crippen LogP contribution in [0.3, 0.4) is 0 Å². The topological polar surface area (TPSA) is 41.1 Å². The molecule has 0 atom stereocenters. The number of nitrogens with one attached hydrogen (secondary N) is 1. The van der Waals surface area contributed by atoms with Crippen LogP contribution in [0.2, 0.25) is 0 Å². The monoisotopic (exact) mass is 268 g/mol. The van der Waals surface area contributed by atoms with Crippen molar-refractivity contribution in [2.24, 2.45) is 0 Å². The molecule has 4 heteroatoms. The van der Waals surface area contributed by atoms with E-state index >= 15 is 0 Å². The summed E-state index contributed by atoms with van der Waals surface area (Å²) >= 11 is 0. The summed E-state index contributed by atoms with van der Waals surface area (Å²) in [4.78, 5) is 11.3. The van der Waals surface area contributed by atoms with Crippen molar-refractivity contribution in [3.05, 3.63) is 53.3 Å².